The number of nitrogens with zero attached hydrogens (tertiary/aromatic N) is 5. The zero-order valence-electron chi connectivity index (χ0n) is 23.8. The molecule has 3 aromatic rings. The maximum absolute atomic E-state index is 15.0. The van der Waals surface area contributed by atoms with Crippen molar-refractivity contribution in [2.45, 2.75) is 57.2 Å². The van der Waals surface area contributed by atoms with Gasteiger partial charge in [0.2, 0.25) is 5.91 Å². The average Bonchev–Trinajstić information content (AvgIpc) is 3.61. The lowest BCUT2D eigenvalue weighted by Crippen LogP contribution is -2.56. The van der Waals surface area contributed by atoms with Crippen molar-refractivity contribution in [2.75, 3.05) is 18.4 Å². The number of rotatable bonds is 6. The number of amides is 2. The second-order valence-corrected chi connectivity index (χ2v) is 11.7. The van der Waals surface area contributed by atoms with Crippen molar-refractivity contribution in [3.8, 4) is 22.9 Å². The van der Waals surface area contributed by atoms with E-state index in [2.05, 4.69) is 15.4 Å². The molecule has 2 aromatic heterocycles. The van der Waals surface area contributed by atoms with Crippen LogP contribution >= 0.6 is 0 Å². The summed E-state index contributed by atoms with van der Waals surface area (Å²) < 4.78 is 42.6. The molecule has 0 radical (unpaired) electrons. The number of aryl methyl sites for hydroxylation is 1. The van der Waals surface area contributed by atoms with E-state index < -0.39 is 30.3 Å². The zero-order chi connectivity index (χ0) is 30.2. The minimum absolute atomic E-state index is 0.0218. The van der Waals surface area contributed by atoms with Crippen LogP contribution in [0.5, 0.6) is 5.75 Å². The van der Waals surface area contributed by atoms with Crippen molar-refractivity contribution in [1.29, 1.82) is 5.26 Å². The van der Waals surface area contributed by atoms with E-state index in [1.165, 1.54) is 6.07 Å². The lowest BCUT2D eigenvalue weighted by molar-refractivity contribution is -0.137. The fraction of sp³-hybridized carbons (Fsp3) is 0.433. The third kappa shape index (κ3) is 6.51. The number of carbonyl (C=O) groups is 2. The number of hydrogen-bond donors (Lipinski definition) is 1. The van der Waals surface area contributed by atoms with Crippen molar-refractivity contribution in [2.24, 2.45) is 13.0 Å². The summed E-state index contributed by atoms with van der Waals surface area (Å²) in [5, 5.41) is 17.0. The molecule has 42 heavy (non-hydrogen) atoms. The van der Waals surface area contributed by atoms with Gasteiger partial charge in [0.15, 0.2) is 6.10 Å². The van der Waals surface area contributed by atoms with Gasteiger partial charge >= 0.3 is 12.0 Å². The third-order valence-corrected chi connectivity index (χ3v) is 7.14. The van der Waals surface area contributed by atoms with Crippen LogP contribution in [0.25, 0.3) is 11.1 Å². The highest BCUT2D eigenvalue weighted by atomic mass is 19.3. The quantitative estimate of drug-likeness (QED) is 0.431. The first-order chi connectivity index (χ1) is 19.8. The maximum Gasteiger partial charge on any atom is 0.410 e. The molecule has 0 spiro atoms. The summed E-state index contributed by atoms with van der Waals surface area (Å²) in [6.45, 7) is 4.19. The van der Waals surface area contributed by atoms with E-state index in [1.807, 2.05) is 25.4 Å². The van der Waals surface area contributed by atoms with Crippen LogP contribution in [0.15, 0.2) is 48.8 Å². The predicted molar refractivity (Wildman–Crippen MR) is 149 cm³/mol. The Hall–Kier alpha value is -4.53. The number of anilines is 1. The van der Waals surface area contributed by atoms with Gasteiger partial charge in [-0.2, -0.15) is 10.4 Å². The maximum atomic E-state index is 15.0. The standard InChI is InChI=1S/C30H32F2N6O4/c1-29(2,3)42-28(40)38-12-9-25(30(31,32)17-38)41-24-6-5-18(13-20(24)16-33)19-7-10-34-26(14-19)35-27(39)22-15-21(22)23-8-11-37(4)36-23/h5-8,10-11,13-14,21-22,25H,9,12,15,17H2,1-4H3,(H,34,35,39)/t21-,22-,25-/m0/s1. The van der Waals surface area contributed by atoms with E-state index in [0.29, 0.717) is 23.4 Å². The molecule has 12 heteroatoms. The minimum Gasteiger partial charge on any atom is -0.483 e. The molecule has 3 heterocycles. The van der Waals surface area contributed by atoms with Crippen LogP contribution in [0.1, 0.15) is 50.8 Å². The van der Waals surface area contributed by atoms with E-state index in [-0.39, 0.29) is 42.0 Å². The molecule has 1 aliphatic carbocycles. The Morgan fingerprint density at radius 1 is 1.17 bits per heavy atom. The Balaban J connectivity index is 1.24. The molecule has 0 bridgehead atoms. The first-order valence-electron chi connectivity index (χ1n) is 13.7. The number of hydrogen-bond acceptors (Lipinski definition) is 7. The first kappa shape index (κ1) is 29.0. The molecule has 1 aromatic carbocycles. The molecule has 1 saturated carbocycles. The van der Waals surface area contributed by atoms with E-state index >= 15 is 8.78 Å². The van der Waals surface area contributed by atoms with Gasteiger partial charge in [-0.3, -0.25) is 9.48 Å². The number of aromatic nitrogens is 3. The number of carbonyl (C=O) groups excluding carboxylic acids is 2. The molecule has 1 aliphatic heterocycles. The molecule has 10 nitrogen and oxygen atoms in total. The third-order valence-electron chi connectivity index (χ3n) is 7.14. The van der Waals surface area contributed by atoms with Crippen LogP contribution in [0.4, 0.5) is 19.4 Å². The van der Waals surface area contributed by atoms with Gasteiger partial charge in [0.25, 0.3) is 0 Å². The molecule has 2 fully saturated rings. The lowest BCUT2D eigenvalue weighted by atomic mass is 10.0. The minimum atomic E-state index is -3.35. The largest absolute Gasteiger partial charge is 0.483 e. The molecular weight excluding hydrogens is 546 g/mol. The zero-order valence-corrected chi connectivity index (χ0v) is 23.8. The normalized spacial score (nSPS) is 21.3. The van der Waals surface area contributed by atoms with E-state index in [9.17, 15) is 14.9 Å². The highest BCUT2D eigenvalue weighted by molar-refractivity contribution is 5.94. The number of nitrogens with one attached hydrogen (secondary N) is 1. The number of halogens is 2. The van der Waals surface area contributed by atoms with Crippen LogP contribution in [0.3, 0.4) is 0 Å². The molecule has 1 N–H and O–H groups in total. The molecule has 0 unspecified atom stereocenters. The number of likely N-dealkylation sites (tertiary alicyclic amines) is 1. The van der Waals surface area contributed by atoms with Gasteiger partial charge in [0, 0.05) is 44.2 Å². The summed E-state index contributed by atoms with van der Waals surface area (Å²) in [7, 11) is 1.83. The summed E-state index contributed by atoms with van der Waals surface area (Å²) in [4.78, 5) is 30.3. The van der Waals surface area contributed by atoms with Crippen molar-refractivity contribution in [1.82, 2.24) is 19.7 Å². The summed E-state index contributed by atoms with van der Waals surface area (Å²) in [6.07, 6.45) is 1.65. The van der Waals surface area contributed by atoms with Crippen molar-refractivity contribution in [3.05, 3.63) is 60.0 Å². The van der Waals surface area contributed by atoms with E-state index in [4.69, 9.17) is 9.47 Å². The molecule has 220 valence electrons. The van der Waals surface area contributed by atoms with Crippen LogP contribution in [-0.2, 0) is 16.6 Å². The second kappa shape index (κ2) is 11.0. The van der Waals surface area contributed by atoms with Crippen LogP contribution in [0, 0.1) is 17.2 Å². The Labute approximate surface area is 242 Å². The number of pyridine rings is 1. The van der Waals surface area contributed by atoms with Crippen LogP contribution in [-0.4, -0.2) is 62.4 Å². The molecule has 2 aliphatic rings. The number of benzene rings is 1. The SMILES string of the molecule is Cn1ccc([C@H]2C[C@@H]2C(=O)Nc2cc(-c3ccc(O[C@H]4CCN(C(=O)OC(C)(C)C)CC4(F)F)c(C#N)c3)ccn2)n1. The van der Waals surface area contributed by atoms with Gasteiger partial charge in [-0.05, 0) is 68.7 Å². The van der Waals surface area contributed by atoms with Gasteiger partial charge in [-0.15, -0.1) is 0 Å². The summed E-state index contributed by atoms with van der Waals surface area (Å²) in [5.41, 5.74) is 1.47. The number of piperidine rings is 1. The fourth-order valence-corrected chi connectivity index (χ4v) is 4.94. The highest BCUT2D eigenvalue weighted by Crippen LogP contribution is 2.47. The average molecular weight is 579 g/mol. The monoisotopic (exact) mass is 578 g/mol. The molecule has 2 amide bonds. The van der Waals surface area contributed by atoms with Gasteiger partial charge < -0.3 is 19.7 Å². The molecular formula is C30H32F2N6O4. The lowest BCUT2D eigenvalue weighted by Gasteiger charge is -2.38. The van der Waals surface area contributed by atoms with Crippen molar-refractivity contribution < 1.29 is 27.8 Å². The Morgan fingerprint density at radius 3 is 2.60 bits per heavy atom. The number of alkyl halides is 2. The predicted octanol–water partition coefficient (Wildman–Crippen LogP) is 5.12. The molecule has 3 atom stereocenters. The number of nitriles is 1. The molecule has 5 rings (SSSR count). The van der Waals surface area contributed by atoms with Gasteiger partial charge in [0.1, 0.15) is 23.2 Å². The summed E-state index contributed by atoms with van der Waals surface area (Å²) >= 11 is 0. The topological polar surface area (TPSA) is 122 Å². The Bertz CT molecular complexity index is 1540. The van der Waals surface area contributed by atoms with E-state index in [1.54, 1.807) is 55.9 Å². The van der Waals surface area contributed by atoms with Crippen LogP contribution in [0.2, 0.25) is 0 Å². The van der Waals surface area contributed by atoms with Crippen molar-refractivity contribution >= 4 is 17.8 Å². The summed E-state index contributed by atoms with van der Waals surface area (Å²) in [6, 6.07) is 12.0. The Morgan fingerprint density at radius 2 is 1.93 bits per heavy atom. The second-order valence-electron chi connectivity index (χ2n) is 11.7. The molecule has 1 saturated heterocycles. The van der Waals surface area contributed by atoms with Gasteiger partial charge in [-0.25, -0.2) is 18.6 Å². The van der Waals surface area contributed by atoms with Crippen molar-refractivity contribution in [3.63, 3.8) is 0 Å². The van der Waals surface area contributed by atoms with Crippen LogP contribution < -0.4 is 10.1 Å². The Kier molecular flexibility index (Phi) is 7.62. The van der Waals surface area contributed by atoms with Gasteiger partial charge in [-0.1, -0.05) is 6.07 Å². The number of ether oxygens (including phenoxy) is 2. The summed E-state index contributed by atoms with van der Waals surface area (Å²) in [5.74, 6) is -3.21. The fourth-order valence-electron chi connectivity index (χ4n) is 4.94. The highest BCUT2D eigenvalue weighted by Gasteiger charge is 2.49. The van der Waals surface area contributed by atoms with E-state index in [0.717, 1.165) is 10.6 Å². The smallest absolute Gasteiger partial charge is 0.410 e. The first-order valence-corrected chi connectivity index (χ1v) is 13.7. The van der Waals surface area contributed by atoms with Gasteiger partial charge in [0.05, 0.1) is 17.8 Å².